The zero-order valence-corrected chi connectivity index (χ0v) is 15.6. The Hall–Kier alpha value is -2.28. The van der Waals surface area contributed by atoms with E-state index < -0.39 is 5.91 Å². The van der Waals surface area contributed by atoms with Gasteiger partial charge in [-0.2, -0.15) is 0 Å². The second-order valence-corrected chi connectivity index (χ2v) is 6.37. The molecular formula is C18H19Cl2N3O3. The van der Waals surface area contributed by atoms with Gasteiger partial charge in [0, 0.05) is 16.1 Å². The van der Waals surface area contributed by atoms with Crippen molar-refractivity contribution in [1.82, 2.24) is 16.2 Å². The molecule has 138 valence electrons. The fraction of sp³-hybridized carbons (Fsp3) is 0.222. The van der Waals surface area contributed by atoms with Gasteiger partial charge in [0.25, 0.3) is 11.8 Å². The van der Waals surface area contributed by atoms with Crippen molar-refractivity contribution in [2.75, 3.05) is 13.2 Å². The zero-order valence-electron chi connectivity index (χ0n) is 14.1. The first-order chi connectivity index (χ1) is 12.4. The average Bonchev–Trinajstić information content (AvgIpc) is 2.64. The van der Waals surface area contributed by atoms with E-state index in [4.69, 9.17) is 27.9 Å². The highest BCUT2D eigenvalue weighted by Gasteiger charge is 2.09. The number of hydrogen-bond donors (Lipinski definition) is 3. The molecule has 0 saturated heterocycles. The van der Waals surface area contributed by atoms with Crippen molar-refractivity contribution >= 4 is 35.0 Å². The second kappa shape index (κ2) is 10.0. The maximum Gasteiger partial charge on any atom is 0.276 e. The molecule has 0 radical (unpaired) electrons. The van der Waals surface area contributed by atoms with E-state index in [-0.39, 0.29) is 25.1 Å². The fourth-order valence-electron chi connectivity index (χ4n) is 2.01. The van der Waals surface area contributed by atoms with Crippen LogP contribution in [0.5, 0.6) is 5.75 Å². The summed E-state index contributed by atoms with van der Waals surface area (Å²) >= 11 is 11.6. The summed E-state index contributed by atoms with van der Waals surface area (Å²) in [5, 5.41) is 4.29. The lowest BCUT2D eigenvalue weighted by atomic mass is 10.1. The van der Waals surface area contributed by atoms with Crippen LogP contribution in [0, 0.1) is 0 Å². The lowest BCUT2D eigenvalue weighted by Crippen LogP contribution is -2.47. The monoisotopic (exact) mass is 395 g/mol. The third kappa shape index (κ3) is 6.92. The molecule has 6 nitrogen and oxygen atoms in total. The maximum absolute atomic E-state index is 11.8. The quantitative estimate of drug-likeness (QED) is 0.629. The molecule has 0 spiro atoms. The molecule has 0 fully saturated rings. The number of nitrogens with one attached hydrogen (secondary N) is 3. The number of halogens is 2. The molecule has 2 aromatic rings. The first kappa shape index (κ1) is 20.0. The van der Waals surface area contributed by atoms with Crippen LogP contribution in [0.15, 0.2) is 48.5 Å². The smallest absolute Gasteiger partial charge is 0.276 e. The van der Waals surface area contributed by atoms with Crippen molar-refractivity contribution in [1.29, 1.82) is 0 Å². The van der Waals surface area contributed by atoms with Gasteiger partial charge in [-0.25, -0.2) is 0 Å². The van der Waals surface area contributed by atoms with Crippen LogP contribution in [0.2, 0.25) is 10.0 Å². The highest BCUT2D eigenvalue weighted by Crippen LogP contribution is 2.16. The summed E-state index contributed by atoms with van der Waals surface area (Å²) in [7, 11) is 0. The van der Waals surface area contributed by atoms with Gasteiger partial charge in [0.05, 0.1) is 6.54 Å². The van der Waals surface area contributed by atoms with Crippen molar-refractivity contribution in [2.45, 2.75) is 13.0 Å². The van der Waals surface area contributed by atoms with E-state index in [0.717, 1.165) is 5.56 Å². The fourth-order valence-corrected chi connectivity index (χ4v) is 2.27. The third-order valence-electron chi connectivity index (χ3n) is 3.46. The Balaban J connectivity index is 1.65. The number of amides is 2. The minimum Gasteiger partial charge on any atom is -0.484 e. The second-order valence-electron chi connectivity index (χ2n) is 5.49. The van der Waals surface area contributed by atoms with E-state index in [1.54, 1.807) is 36.4 Å². The number of carbonyl (C=O) groups is 2. The number of hydrazine groups is 1. The average molecular weight is 396 g/mol. The highest BCUT2D eigenvalue weighted by atomic mass is 35.5. The summed E-state index contributed by atoms with van der Waals surface area (Å²) in [6.45, 7) is 1.74. The molecule has 0 heterocycles. The summed E-state index contributed by atoms with van der Waals surface area (Å²) in [6.07, 6.45) is 0. The summed E-state index contributed by atoms with van der Waals surface area (Å²) in [5.41, 5.74) is 5.61. The van der Waals surface area contributed by atoms with Crippen molar-refractivity contribution < 1.29 is 14.3 Å². The first-order valence-corrected chi connectivity index (χ1v) is 8.64. The SMILES string of the molecule is C[C@H](NCC(=O)NNC(=O)COc1ccc(Cl)cc1)c1ccc(Cl)cc1. The predicted molar refractivity (Wildman–Crippen MR) is 101 cm³/mol. The lowest BCUT2D eigenvalue weighted by Gasteiger charge is -2.14. The molecule has 2 rings (SSSR count). The molecule has 2 amide bonds. The van der Waals surface area contributed by atoms with Crippen LogP contribution in [-0.2, 0) is 9.59 Å². The summed E-state index contributed by atoms with van der Waals surface area (Å²) in [5.74, 6) is -0.334. The molecule has 2 aromatic carbocycles. The molecular weight excluding hydrogens is 377 g/mol. The molecule has 8 heteroatoms. The molecule has 0 aliphatic carbocycles. The van der Waals surface area contributed by atoms with Crippen LogP contribution < -0.4 is 20.9 Å². The zero-order chi connectivity index (χ0) is 18.9. The van der Waals surface area contributed by atoms with Gasteiger partial charge in [-0.05, 0) is 48.9 Å². The van der Waals surface area contributed by atoms with Gasteiger partial charge in [-0.1, -0.05) is 35.3 Å². The molecule has 0 aliphatic rings. The standard InChI is InChI=1S/C18H19Cl2N3O3/c1-12(13-2-4-14(19)5-3-13)21-10-17(24)22-23-18(25)11-26-16-8-6-15(20)7-9-16/h2-9,12,21H,10-11H2,1H3,(H,22,24)(H,23,25)/t12-/m0/s1. The van der Waals surface area contributed by atoms with Gasteiger partial charge in [0.15, 0.2) is 6.61 Å². The number of ether oxygens (including phenoxy) is 1. The summed E-state index contributed by atoms with van der Waals surface area (Å²) < 4.78 is 5.27. The van der Waals surface area contributed by atoms with E-state index in [1.807, 2.05) is 19.1 Å². The van der Waals surface area contributed by atoms with E-state index in [9.17, 15) is 9.59 Å². The molecule has 3 N–H and O–H groups in total. The maximum atomic E-state index is 11.8. The van der Waals surface area contributed by atoms with Crippen LogP contribution >= 0.6 is 23.2 Å². The third-order valence-corrected chi connectivity index (χ3v) is 3.97. The molecule has 1 atom stereocenters. The molecule has 26 heavy (non-hydrogen) atoms. The van der Waals surface area contributed by atoms with E-state index in [2.05, 4.69) is 16.2 Å². The Morgan fingerprint density at radius 3 is 2.08 bits per heavy atom. The Kier molecular flexibility index (Phi) is 7.72. The minimum atomic E-state index is -0.473. The van der Waals surface area contributed by atoms with Gasteiger partial charge < -0.3 is 10.1 Å². The Labute approximate surface area is 161 Å². The number of hydrogen-bond acceptors (Lipinski definition) is 4. The predicted octanol–water partition coefficient (Wildman–Crippen LogP) is 2.87. The molecule has 0 aliphatic heterocycles. The van der Waals surface area contributed by atoms with E-state index in [0.29, 0.717) is 15.8 Å². The van der Waals surface area contributed by atoms with Crippen molar-refractivity contribution in [3.8, 4) is 5.75 Å². The number of carbonyl (C=O) groups excluding carboxylic acids is 2. The number of benzene rings is 2. The van der Waals surface area contributed by atoms with Gasteiger partial charge in [0.2, 0.25) is 0 Å². The normalized spacial score (nSPS) is 11.5. The van der Waals surface area contributed by atoms with Gasteiger partial charge in [0.1, 0.15) is 5.75 Å². The Morgan fingerprint density at radius 2 is 1.46 bits per heavy atom. The molecule has 0 bridgehead atoms. The Bertz CT molecular complexity index is 736. The molecule has 0 saturated carbocycles. The van der Waals surface area contributed by atoms with Crippen LogP contribution in [0.1, 0.15) is 18.5 Å². The van der Waals surface area contributed by atoms with Crippen molar-refractivity contribution in [2.24, 2.45) is 0 Å². The molecule has 0 unspecified atom stereocenters. The van der Waals surface area contributed by atoms with Gasteiger partial charge >= 0.3 is 0 Å². The van der Waals surface area contributed by atoms with Crippen LogP contribution in [0.4, 0.5) is 0 Å². The largest absolute Gasteiger partial charge is 0.484 e. The van der Waals surface area contributed by atoms with Crippen molar-refractivity contribution in [3.05, 3.63) is 64.1 Å². The van der Waals surface area contributed by atoms with E-state index >= 15 is 0 Å². The van der Waals surface area contributed by atoms with Crippen LogP contribution in [0.25, 0.3) is 0 Å². The lowest BCUT2D eigenvalue weighted by molar-refractivity contribution is -0.129. The van der Waals surface area contributed by atoms with Crippen LogP contribution in [-0.4, -0.2) is 25.0 Å². The van der Waals surface area contributed by atoms with E-state index in [1.165, 1.54) is 0 Å². The van der Waals surface area contributed by atoms with Gasteiger partial charge in [-0.15, -0.1) is 0 Å². The minimum absolute atomic E-state index is 0.0399. The summed E-state index contributed by atoms with van der Waals surface area (Å²) in [4.78, 5) is 23.5. The Morgan fingerprint density at radius 1 is 0.923 bits per heavy atom. The number of rotatable bonds is 7. The molecule has 0 aromatic heterocycles. The van der Waals surface area contributed by atoms with Crippen LogP contribution in [0.3, 0.4) is 0 Å². The summed E-state index contributed by atoms with van der Waals surface area (Å²) in [6, 6.07) is 13.9. The topological polar surface area (TPSA) is 79.5 Å². The highest BCUT2D eigenvalue weighted by molar-refractivity contribution is 6.30. The first-order valence-electron chi connectivity index (χ1n) is 7.89. The van der Waals surface area contributed by atoms with Crippen molar-refractivity contribution in [3.63, 3.8) is 0 Å². The van der Waals surface area contributed by atoms with Gasteiger partial charge in [-0.3, -0.25) is 20.4 Å².